The highest BCUT2D eigenvalue weighted by molar-refractivity contribution is 5.82. The van der Waals surface area contributed by atoms with Crippen molar-refractivity contribution in [3.05, 3.63) is 17.5 Å². The molecular formula is C11H17N3O. The van der Waals surface area contributed by atoms with Crippen LogP contribution in [0.25, 0.3) is 0 Å². The molecule has 4 nitrogen and oxygen atoms in total. The highest BCUT2D eigenvalue weighted by Gasteiger charge is 2.50. The first-order valence-electron chi connectivity index (χ1n) is 5.27. The Kier molecular flexibility index (Phi) is 2.29. The second-order valence-electron chi connectivity index (χ2n) is 4.98. The molecule has 4 heteroatoms. The van der Waals surface area contributed by atoms with Gasteiger partial charge >= 0.3 is 0 Å². The van der Waals surface area contributed by atoms with Crippen molar-refractivity contribution in [2.24, 2.45) is 11.3 Å². The van der Waals surface area contributed by atoms with E-state index in [0.717, 1.165) is 17.7 Å². The lowest BCUT2D eigenvalue weighted by Crippen LogP contribution is -2.26. The number of aryl methyl sites for hydroxylation is 1. The van der Waals surface area contributed by atoms with E-state index in [1.807, 2.05) is 6.92 Å². The first-order valence-corrected chi connectivity index (χ1v) is 5.27. The van der Waals surface area contributed by atoms with Crippen LogP contribution in [0.1, 0.15) is 31.5 Å². The van der Waals surface area contributed by atoms with E-state index in [-0.39, 0.29) is 17.2 Å². The van der Waals surface area contributed by atoms with Crippen LogP contribution in [0.3, 0.4) is 0 Å². The summed E-state index contributed by atoms with van der Waals surface area (Å²) in [5.41, 5.74) is 2.28. The number of carbonyl (C=O) groups is 1. The number of rotatable bonds is 3. The third kappa shape index (κ3) is 2.03. The second-order valence-corrected chi connectivity index (χ2v) is 4.98. The van der Waals surface area contributed by atoms with Gasteiger partial charge in [0.05, 0.1) is 6.20 Å². The van der Waals surface area contributed by atoms with Crippen LogP contribution in [0.15, 0.2) is 6.20 Å². The fraction of sp³-hybridized carbons (Fsp3) is 0.636. The maximum absolute atomic E-state index is 11.7. The normalized spacial score (nSPS) is 22.5. The van der Waals surface area contributed by atoms with Gasteiger partial charge in [-0.25, -0.2) is 0 Å². The lowest BCUT2D eigenvalue weighted by Gasteiger charge is -2.05. The Balaban J connectivity index is 1.85. The van der Waals surface area contributed by atoms with Gasteiger partial charge in [-0.1, -0.05) is 13.8 Å². The molecule has 1 aliphatic rings. The topological polar surface area (TPSA) is 57.8 Å². The number of hydrogen-bond donors (Lipinski definition) is 2. The van der Waals surface area contributed by atoms with Crippen molar-refractivity contribution < 1.29 is 4.79 Å². The molecule has 1 atom stereocenters. The Morgan fingerprint density at radius 2 is 2.40 bits per heavy atom. The minimum atomic E-state index is 0.167. The Morgan fingerprint density at radius 3 is 2.87 bits per heavy atom. The van der Waals surface area contributed by atoms with Crippen LogP contribution in [-0.2, 0) is 11.3 Å². The zero-order valence-electron chi connectivity index (χ0n) is 9.42. The summed E-state index contributed by atoms with van der Waals surface area (Å²) >= 11 is 0. The van der Waals surface area contributed by atoms with Crippen LogP contribution >= 0.6 is 0 Å². The molecule has 82 valence electrons. The second kappa shape index (κ2) is 3.36. The highest BCUT2D eigenvalue weighted by atomic mass is 16.2. The predicted molar refractivity (Wildman–Crippen MR) is 57.1 cm³/mol. The number of nitrogens with zero attached hydrogens (tertiary/aromatic N) is 1. The monoisotopic (exact) mass is 207 g/mol. The van der Waals surface area contributed by atoms with Crippen molar-refractivity contribution in [3.8, 4) is 0 Å². The van der Waals surface area contributed by atoms with Gasteiger partial charge in [0.25, 0.3) is 0 Å². The quantitative estimate of drug-likeness (QED) is 0.786. The zero-order valence-corrected chi connectivity index (χ0v) is 9.42. The molecule has 15 heavy (non-hydrogen) atoms. The molecule has 1 fully saturated rings. The van der Waals surface area contributed by atoms with Crippen LogP contribution < -0.4 is 5.32 Å². The van der Waals surface area contributed by atoms with Gasteiger partial charge in [0.1, 0.15) is 0 Å². The number of H-pyrrole nitrogens is 1. The molecule has 1 aromatic rings. The number of hydrogen-bond acceptors (Lipinski definition) is 2. The first kappa shape index (κ1) is 10.2. The molecule has 0 radical (unpaired) electrons. The third-order valence-electron chi connectivity index (χ3n) is 3.22. The SMILES string of the molecule is Cc1[nH]ncc1CNC(=O)C1CC1(C)C. The largest absolute Gasteiger partial charge is 0.352 e. The molecule has 0 saturated heterocycles. The van der Waals surface area contributed by atoms with E-state index in [1.165, 1.54) is 0 Å². The van der Waals surface area contributed by atoms with E-state index in [0.29, 0.717) is 6.54 Å². The van der Waals surface area contributed by atoms with Crippen LogP contribution in [0.4, 0.5) is 0 Å². The minimum Gasteiger partial charge on any atom is -0.352 e. The Morgan fingerprint density at radius 1 is 1.73 bits per heavy atom. The van der Waals surface area contributed by atoms with E-state index < -0.39 is 0 Å². The van der Waals surface area contributed by atoms with Crippen LogP contribution in [-0.4, -0.2) is 16.1 Å². The van der Waals surface area contributed by atoms with Crippen molar-refractivity contribution in [1.82, 2.24) is 15.5 Å². The van der Waals surface area contributed by atoms with Gasteiger partial charge in [-0.2, -0.15) is 5.10 Å². The molecule has 0 bridgehead atoms. The number of amides is 1. The molecule has 2 rings (SSSR count). The molecule has 0 aliphatic heterocycles. The maximum Gasteiger partial charge on any atom is 0.223 e. The lowest BCUT2D eigenvalue weighted by molar-refractivity contribution is -0.123. The first-order chi connectivity index (χ1) is 7.00. The molecule has 1 heterocycles. The van der Waals surface area contributed by atoms with Gasteiger partial charge in [0, 0.05) is 23.7 Å². The number of aromatic nitrogens is 2. The summed E-state index contributed by atoms with van der Waals surface area (Å²) in [6.07, 6.45) is 2.76. The number of aromatic amines is 1. The van der Waals surface area contributed by atoms with Crippen LogP contribution in [0.2, 0.25) is 0 Å². The smallest absolute Gasteiger partial charge is 0.223 e. The van der Waals surface area contributed by atoms with E-state index in [4.69, 9.17) is 0 Å². The highest BCUT2D eigenvalue weighted by Crippen LogP contribution is 2.51. The lowest BCUT2D eigenvalue weighted by atomic mass is 10.1. The van der Waals surface area contributed by atoms with Crippen molar-refractivity contribution >= 4 is 5.91 Å². The molecule has 1 amide bonds. The Bertz CT molecular complexity index is 381. The van der Waals surface area contributed by atoms with E-state index >= 15 is 0 Å². The number of carbonyl (C=O) groups excluding carboxylic acids is 1. The van der Waals surface area contributed by atoms with Crippen molar-refractivity contribution in [2.45, 2.75) is 33.7 Å². The minimum absolute atomic E-state index is 0.167. The molecule has 1 saturated carbocycles. The molecule has 1 unspecified atom stereocenters. The average molecular weight is 207 g/mol. The molecular weight excluding hydrogens is 190 g/mol. The predicted octanol–water partition coefficient (Wildman–Crippen LogP) is 1.38. The molecule has 0 spiro atoms. The van der Waals surface area contributed by atoms with Crippen LogP contribution in [0.5, 0.6) is 0 Å². The fourth-order valence-electron chi connectivity index (χ4n) is 1.77. The van der Waals surface area contributed by atoms with E-state index in [2.05, 4.69) is 29.4 Å². The van der Waals surface area contributed by atoms with E-state index in [9.17, 15) is 4.79 Å². The van der Waals surface area contributed by atoms with Gasteiger partial charge in [0.2, 0.25) is 5.91 Å². The maximum atomic E-state index is 11.7. The summed E-state index contributed by atoms with van der Waals surface area (Å²) in [5, 5.41) is 9.71. The van der Waals surface area contributed by atoms with Gasteiger partial charge in [-0.05, 0) is 18.8 Å². The van der Waals surface area contributed by atoms with Gasteiger partial charge in [0.15, 0.2) is 0 Å². The van der Waals surface area contributed by atoms with Gasteiger partial charge in [-0.3, -0.25) is 9.89 Å². The van der Waals surface area contributed by atoms with Crippen molar-refractivity contribution in [1.29, 1.82) is 0 Å². The summed E-state index contributed by atoms with van der Waals surface area (Å²) in [5.74, 6) is 0.366. The van der Waals surface area contributed by atoms with Gasteiger partial charge in [-0.15, -0.1) is 0 Å². The summed E-state index contributed by atoms with van der Waals surface area (Å²) in [7, 11) is 0. The molecule has 2 N–H and O–H groups in total. The van der Waals surface area contributed by atoms with Gasteiger partial charge < -0.3 is 5.32 Å². The third-order valence-corrected chi connectivity index (χ3v) is 3.22. The van der Waals surface area contributed by atoms with Crippen molar-refractivity contribution in [3.63, 3.8) is 0 Å². The molecule has 1 aliphatic carbocycles. The van der Waals surface area contributed by atoms with E-state index in [1.54, 1.807) is 6.20 Å². The molecule has 1 aromatic heterocycles. The fourth-order valence-corrected chi connectivity index (χ4v) is 1.77. The number of nitrogens with one attached hydrogen (secondary N) is 2. The van der Waals surface area contributed by atoms with Crippen LogP contribution in [0, 0.1) is 18.3 Å². The Hall–Kier alpha value is -1.32. The summed E-state index contributed by atoms with van der Waals surface area (Å²) in [4.78, 5) is 11.7. The molecule has 0 aromatic carbocycles. The van der Waals surface area contributed by atoms with Crippen molar-refractivity contribution in [2.75, 3.05) is 0 Å². The summed E-state index contributed by atoms with van der Waals surface area (Å²) in [6.45, 7) is 6.78. The summed E-state index contributed by atoms with van der Waals surface area (Å²) < 4.78 is 0. The Labute approximate surface area is 89.5 Å². The average Bonchev–Trinajstić information content (AvgIpc) is 2.61. The standard InChI is InChI=1S/C11H17N3O/c1-7-8(6-13-14-7)5-12-10(15)9-4-11(9,2)3/h6,9H,4-5H2,1-3H3,(H,12,15)(H,13,14). The zero-order chi connectivity index (χ0) is 11.1. The summed E-state index contributed by atoms with van der Waals surface area (Å²) in [6, 6.07) is 0.